The first-order valence-corrected chi connectivity index (χ1v) is 7.57. The summed E-state index contributed by atoms with van der Waals surface area (Å²) in [6.45, 7) is 3.87. The van der Waals surface area contributed by atoms with Gasteiger partial charge >= 0.3 is 5.97 Å². The van der Waals surface area contributed by atoms with E-state index in [0.717, 1.165) is 28.5 Å². The minimum atomic E-state index is -1.19. The number of carbonyl (C=O) groups excluding carboxylic acids is 1. The second-order valence-electron chi connectivity index (χ2n) is 4.12. The summed E-state index contributed by atoms with van der Waals surface area (Å²) >= 11 is 2.65. The molecule has 20 heavy (non-hydrogen) atoms. The van der Waals surface area contributed by atoms with E-state index in [9.17, 15) is 9.59 Å². The topological polar surface area (TPSA) is 92.2 Å². The number of aromatic nitrogens is 2. The fourth-order valence-corrected chi connectivity index (χ4v) is 3.23. The molecule has 8 heteroatoms. The van der Waals surface area contributed by atoms with Crippen LogP contribution in [0.1, 0.15) is 37.8 Å². The van der Waals surface area contributed by atoms with Crippen LogP contribution in [-0.4, -0.2) is 33.4 Å². The summed E-state index contributed by atoms with van der Waals surface area (Å²) in [6, 6.07) is 0. The quantitative estimate of drug-likeness (QED) is 0.796. The van der Waals surface area contributed by atoms with Gasteiger partial charge in [0, 0.05) is 31.0 Å². The van der Waals surface area contributed by atoms with E-state index in [-0.39, 0.29) is 16.4 Å². The predicted octanol–water partition coefficient (Wildman–Crippen LogP) is 2.46. The fourth-order valence-electron chi connectivity index (χ4n) is 1.57. The molecule has 0 unspecified atom stereocenters. The van der Waals surface area contributed by atoms with E-state index in [1.54, 1.807) is 11.3 Å². The van der Waals surface area contributed by atoms with Crippen LogP contribution >= 0.6 is 22.7 Å². The van der Waals surface area contributed by atoms with Crippen LogP contribution in [0, 0.1) is 6.92 Å². The number of ketones is 1. The Morgan fingerprint density at radius 2 is 2.15 bits per heavy atom. The van der Waals surface area contributed by atoms with E-state index in [0.29, 0.717) is 11.7 Å². The summed E-state index contributed by atoms with van der Waals surface area (Å²) in [4.78, 5) is 30.8. The van der Waals surface area contributed by atoms with Crippen molar-refractivity contribution in [3.8, 4) is 0 Å². The van der Waals surface area contributed by atoms with Crippen molar-refractivity contribution in [3.05, 3.63) is 26.7 Å². The molecule has 0 spiro atoms. The molecule has 0 atom stereocenters. The number of hydrogen-bond donors (Lipinski definition) is 2. The second-order valence-corrected chi connectivity index (χ2v) is 6.06. The minimum absolute atomic E-state index is 0.171. The zero-order valence-corrected chi connectivity index (χ0v) is 12.6. The van der Waals surface area contributed by atoms with Crippen LogP contribution in [-0.2, 0) is 6.42 Å². The number of nitrogens with one attached hydrogen (secondary N) is 1. The molecule has 2 N–H and O–H groups in total. The van der Waals surface area contributed by atoms with Gasteiger partial charge in [-0.25, -0.2) is 14.8 Å². The largest absolute Gasteiger partial charge is 0.476 e. The number of Topliss-reactive ketones (excluding diaryl/α,β-unsaturated/α-hetero) is 1. The Labute approximate surface area is 123 Å². The molecule has 106 valence electrons. The van der Waals surface area contributed by atoms with Crippen LogP contribution in [0.3, 0.4) is 0 Å². The SMILES string of the molecule is CC(=O)c1sc(NCCc2nc(C)cs2)nc1C(=O)O. The van der Waals surface area contributed by atoms with Crippen LogP contribution in [0.4, 0.5) is 5.13 Å². The number of aryl methyl sites for hydroxylation is 1. The van der Waals surface area contributed by atoms with Crippen LogP contribution in [0.25, 0.3) is 0 Å². The molecule has 2 aromatic heterocycles. The lowest BCUT2D eigenvalue weighted by Gasteiger charge is -1.99. The Morgan fingerprint density at radius 1 is 1.40 bits per heavy atom. The number of thiazole rings is 2. The predicted molar refractivity (Wildman–Crippen MR) is 78.1 cm³/mol. The summed E-state index contributed by atoms with van der Waals surface area (Å²) in [5, 5.41) is 15.5. The first-order valence-electron chi connectivity index (χ1n) is 5.87. The lowest BCUT2D eigenvalue weighted by Crippen LogP contribution is -2.06. The molecule has 0 saturated carbocycles. The first-order chi connectivity index (χ1) is 9.47. The molecule has 0 bridgehead atoms. The highest BCUT2D eigenvalue weighted by Crippen LogP contribution is 2.23. The molecule has 2 heterocycles. The molecule has 0 aromatic carbocycles. The minimum Gasteiger partial charge on any atom is -0.476 e. The standard InChI is InChI=1S/C12H13N3O3S2/c1-6-5-19-8(14-6)3-4-13-12-15-9(11(17)18)10(20-12)7(2)16/h5H,3-4H2,1-2H3,(H,13,15)(H,17,18). The normalized spacial score (nSPS) is 10.5. The van der Waals surface area contributed by atoms with Gasteiger partial charge in [-0.2, -0.15) is 0 Å². The molecule has 0 fully saturated rings. The number of carboxylic acids is 1. The number of aromatic carboxylic acids is 1. The fraction of sp³-hybridized carbons (Fsp3) is 0.333. The molecular weight excluding hydrogens is 298 g/mol. The molecule has 2 rings (SSSR count). The molecule has 0 aliphatic heterocycles. The van der Waals surface area contributed by atoms with Crippen molar-refractivity contribution >= 4 is 39.6 Å². The molecule has 0 amide bonds. The number of hydrogen-bond acceptors (Lipinski definition) is 7. The molecule has 0 radical (unpaired) electrons. The van der Waals surface area contributed by atoms with Crippen molar-refractivity contribution in [2.24, 2.45) is 0 Å². The zero-order chi connectivity index (χ0) is 14.7. The van der Waals surface area contributed by atoms with Gasteiger partial charge in [0.05, 0.1) is 5.01 Å². The van der Waals surface area contributed by atoms with Gasteiger partial charge in [0.25, 0.3) is 0 Å². The maximum Gasteiger partial charge on any atom is 0.356 e. The summed E-state index contributed by atoms with van der Waals surface area (Å²) in [7, 11) is 0. The zero-order valence-electron chi connectivity index (χ0n) is 11.0. The Hall–Kier alpha value is -1.80. The van der Waals surface area contributed by atoms with E-state index < -0.39 is 5.97 Å². The van der Waals surface area contributed by atoms with Gasteiger partial charge in [-0.05, 0) is 6.92 Å². The Kier molecular flexibility index (Phi) is 4.46. The highest BCUT2D eigenvalue weighted by atomic mass is 32.1. The molecular formula is C12H13N3O3S2. The number of carbonyl (C=O) groups is 2. The summed E-state index contributed by atoms with van der Waals surface area (Å²) in [6.07, 6.45) is 0.732. The third kappa shape index (κ3) is 3.40. The Morgan fingerprint density at radius 3 is 2.65 bits per heavy atom. The van der Waals surface area contributed by atoms with E-state index >= 15 is 0 Å². The maximum absolute atomic E-state index is 11.4. The first kappa shape index (κ1) is 14.6. The summed E-state index contributed by atoms with van der Waals surface area (Å²) in [5.41, 5.74) is 0.807. The number of rotatable bonds is 6. The molecule has 6 nitrogen and oxygen atoms in total. The Bertz CT molecular complexity index is 617. The molecule has 0 saturated heterocycles. The van der Waals surface area contributed by atoms with Crippen molar-refractivity contribution in [1.29, 1.82) is 0 Å². The van der Waals surface area contributed by atoms with Crippen LogP contribution in [0.15, 0.2) is 5.38 Å². The molecule has 2 aromatic rings. The van der Waals surface area contributed by atoms with Gasteiger partial charge in [0.15, 0.2) is 16.6 Å². The lowest BCUT2D eigenvalue weighted by atomic mass is 10.3. The Balaban J connectivity index is 2.01. The molecule has 0 aliphatic carbocycles. The van der Waals surface area contributed by atoms with Crippen LogP contribution in [0.5, 0.6) is 0 Å². The average molecular weight is 311 g/mol. The van der Waals surface area contributed by atoms with E-state index in [4.69, 9.17) is 5.11 Å². The smallest absolute Gasteiger partial charge is 0.356 e. The van der Waals surface area contributed by atoms with Gasteiger partial charge in [-0.3, -0.25) is 4.79 Å². The third-order valence-corrected chi connectivity index (χ3v) is 4.57. The van der Waals surface area contributed by atoms with Gasteiger partial charge in [-0.15, -0.1) is 11.3 Å². The van der Waals surface area contributed by atoms with Crippen molar-refractivity contribution in [2.45, 2.75) is 20.3 Å². The second kappa shape index (κ2) is 6.10. The summed E-state index contributed by atoms with van der Waals surface area (Å²) < 4.78 is 0. The van der Waals surface area contributed by atoms with E-state index in [2.05, 4.69) is 15.3 Å². The highest BCUT2D eigenvalue weighted by Gasteiger charge is 2.20. The van der Waals surface area contributed by atoms with Crippen molar-refractivity contribution in [2.75, 3.05) is 11.9 Å². The number of anilines is 1. The van der Waals surface area contributed by atoms with E-state index in [1.165, 1.54) is 6.92 Å². The van der Waals surface area contributed by atoms with Crippen molar-refractivity contribution in [1.82, 2.24) is 9.97 Å². The van der Waals surface area contributed by atoms with Gasteiger partial charge < -0.3 is 10.4 Å². The monoisotopic (exact) mass is 311 g/mol. The van der Waals surface area contributed by atoms with Crippen molar-refractivity contribution < 1.29 is 14.7 Å². The summed E-state index contributed by atoms with van der Waals surface area (Å²) in [5.74, 6) is -1.47. The lowest BCUT2D eigenvalue weighted by molar-refractivity contribution is 0.0687. The third-order valence-electron chi connectivity index (χ3n) is 2.43. The van der Waals surface area contributed by atoms with Gasteiger partial charge in [0.2, 0.25) is 0 Å². The van der Waals surface area contributed by atoms with Crippen LogP contribution in [0.2, 0.25) is 0 Å². The number of carboxylic acid groups (broad SMARTS) is 1. The van der Waals surface area contributed by atoms with E-state index in [1.807, 2.05) is 12.3 Å². The molecule has 0 aliphatic rings. The average Bonchev–Trinajstić information content (AvgIpc) is 2.96. The van der Waals surface area contributed by atoms with Crippen LogP contribution < -0.4 is 5.32 Å². The number of nitrogens with zero attached hydrogens (tertiary/aromatic N) is 2. The highest BCUT2D eigenvalue weighted by molar-refractivity contribution is 7.17. The van der Waals surface area contributed by atoms with Gasteiger partial charge in [-0.1, -0.05) is 11.3 Å². The van der Waals surface area contributed by atoms with Crippen molar-refractivity contribution in [3.63, 3.8) is 0 Å². The van der Waals surface area contributed by atoms with Gasteiger partial charge in [0.1, 0.15) is 4.88 Å². The maximum atomic E-state index is 11.4.